The van der Waals surface area contributed by atoms with Crippen LogP contribution < -0.4 is 10.2 Å². The van der Waals surface area contributed by atoms with Gasteiger partial charge in [-0.2, -0.15) is 0 Å². The first-order chi connectivity index (χ1) is 13.8. The van der Waals surface area contributed by atoms with Gasteiger partial charge in [-0.25, -0.2) is 4.39 Å². The fourth-order valence-corrected chi connectivity index (χ4v) is 3.20. The van der Waals surface area contributed by atoms with Crippen molar-refractivity contribution in [1.82, 2.24) is 0 Å². The van der Waals surface area contributed by atoms with E-state index in [0.717, 1.165) is 11.1 Å². The van der Waals surface area contributed by atoms with E-state index in [1.807, 2.05) is 32.0 Å². The number of para-hydroxylation sites is 1. The van der Waals surface area contributed by atoms with E-state index < -0.39 is 29.7 Å². The van der Waals surface area contributed by atoms with Gasteiger partial charge in [0.15, 0.2) is 6.10 Å². The van der Waals surface area contributed by atoms with Crippen molar-refractivity contribution in [2.24, 2.45) is 5.92 Å². The molecule has 7 heteroatoms. The molecule has 1 aliphatic rings. The van der Waals surface area contributed by atoms with Gasteiger partial charge in [0, 0.05) is 18.7 Å². The molecule has 0 bridgehead atoms. The van der Waals surface area contributed by atoms with Gasteiger partial charge in [0.25, 0.3) is 5.91 Å². The van der Waals surface area contributed by atoms with Crippen molar-refractivity contribution >= 4 is 29.2 Å². The number of hydrogen-bond acceptors (Lipinski definition) is 4. The van der Waals surface area contributed by atoms with E-state index in [4.69, 9.17) is 4.74 Å². The second-order valence-corrected chi connectivity index (χ2v) is 7.24. The van der Waals surface area contributed by atoms with Crippen LogP contribution in [0.4, 0.5) is 15.8 Å². The van der Waals surface area contributed by atoms with Crippen LogP contribution in [-0.4, -0.2) is 30.4 Å². The van der Waals surface area contributed by atoms with E-state index in [2.05, 4.69) is 5.32 Å². The second kappa shape index (κ2) is 8.43. The minimum absolute atomic E-state index is 0.0178. The lowest BCUT2D eigenvalue weighted by Crippen LogP contribution is -2.33. The highest BCUT2D eigenvalue weighted by Crippen LogP contribution is 2.28. The molecule has 1 heterocycles. The SMILES string of the molecule is Cc1ccc(C)c(NC(=O)[C@@H](C)OC(=O)[C@H]2CC(=O)N(c3ccccc3F)C2)c1. The molecule has 1 N–H and O–H groups in total. The zero-order valence-corrected chi connectivity index (χ0v) is 16.6. The molecule has 0 saturated carbocycles. The highest BCUT2D eigenvalue weighted by molar-refractivity contribution is 6.00. The number of nitrogens with one attached hydrogen (secondary N) is 1. The Hall–Kier alpha value is -3.22. The smallest absolute Gasteiger partial charge is 0.312 e. The molecule has 1 saturated heterocycles. The van der Waals surface area contributed by atoms with Crippen molar-refractivity contribution in [2.75, 3.05) is 16.8 Å². The molecule has 2 atom stereocenters. The third-order valence-corrected chi connectivity index (χ3v) is 4.91. The molecule has 152 valence electrons. The van der Waals surface area contributed by atoms with Crippen LogP contribution in [0, 0.1) is 25.6 Å². The average molecular weight is 398 g/mol. The highest BCUT2D eigenvalue weighted by atomic mass is 19.1. The van der Waals surface area contributed by atoms with Gasteiger partial charge in [0.1, 0.15) is 5.82 Å². The van der Waals surface area contributed by atoms with Crippen molar-refractivity contribution < 1.29 is 23.5 Å². The van der Waals surface area contributed by atoms with Crippen molar-refractivity contribution in [3.63, 3.8) is 0 Å². The fraction of sp³-hybridized carbons (Fsp3) is 0.318. The predicted molar refractivity (Wildman–Crippen MR) is 107 cm³/mol. The predicted octanol–water partition coefficient (Wildman–Crippen LogP) is 3.37. The number of anilines is 2. The zero-order valence-electron chi connectivity index (χ0n) is 16.6. The molecule has 29 heavy (non-hydrogen) atoms. The Morgan fingerprint density at radius 1 is 1.21 bits per heavy atom. The van der Waals surface area contributed by atoms with Crippen LogP contribution in [0.25, 0.3) is 0 Å². The maximum Gasteiger partial charge on any atom is 0.312 e. The largest absolute Gasteiger partial charge is 0.452 e. The molecule has 3 rings (SSSR count). The van der Waals surface area contributed by atoms with Crippen LogP contribution in [0.15, 0.2) is 42.5 Å². The summed E-state index contributed by atoms with van der Waals surface area (Å²) in [6.07, 6.45) is -1.11. The molecular weight excluding hydrogens is 375 g/mol. The number of esters is 1. The topological polar surface area (TPSA) is 75.7 Å². The number of aryl methyl sites for hydroxylation is 2. The molecule has 1 fully saturated rings. The summed E-state index contributed by atoms with van der Waals surface area (Å²) < 4.78 is 19.2. The molecule has 6 nitrogen and oxygen atoms in total. The third kappa shape index (κ3) is 4.62. The van der Waals surface area contributed by atoms with Gasteiger partial charge in [-0.15, -0.1) is 0 Å². The van der Waals surface area contributed by atoms with Crippen LogP contribution in [0.5, 0.6) is 0 Å². The minimum atomic E-state index is -1.03. The van der Waals surface area contributed by atoms with Crippen molar-refractivity contribution in [3.05, 3.63) is 59.4 Å². The van der Waals surface area contributed by atoms with Crippen LogP contribution in [0.2, 0.25) is 0 Å². The average Bonchev–Trinajstić information content (AvgIpc) is 3.06. The van der Waals surface area contributed by atoms with Crippen LogP contribution in [-0.2, 0) is 19.1 Å². The molecule has 2 aromatic rings. The molecule has 0 aromatic heterocycles. The first-order valence-electron chi connectivity index (χ1n) is 9.39. The number of hydrogen-bond donors (Lipinski definition) is 1. The second-order valence-electron chi connectivity index (χ2n) is 7.24. The third-order valence-electron chi connectivity index (χ3n) is 4.91. The first-order valence-corrected chi connectivity index (χ1v) is 9.39. The first kappa shape index (κ1) is 20.5. The number of benzene rings is 2. The lowest BCUT2D eigenvalue weighted by molar-refractivity contribution is -0.157. The Labute approximate surface area is 168 Å². The summed E-state index contributed by atoms with van der Waals surface area (Å²) in [5, 5.41) is 2.75. The number of carbonyl (C=O) groups is 3. The lowest BCUT2D eigenvalue weighted by Gasteiger charge is -2.18. The van der Waals surface area contributed by atoms with Gasteiger partial charge < -0.3 is 15.0 Å². The quantitative estimate of drug-likeness (QED) is 0.784. The summed E-state index contributed by atoms with van der Waals surface area (Å²) in [6, 6.07) is 11.6. The van der Waals surface area contributed by atoms with E-state index in [-0.39, 0.29) is 24.6 Å². The number of halogens is 1. The Morgan fingerprint density at radius 3 is 2.66 bits per heavy atom. The van der Waals surface area contributed by atoms with Gasteiger partial charge in [-0.3, -0.25) is 14.4 Å². The molecule has 1 aliphatic heterocycles. The number of ether oxygens (including phenoxy) is 1. The Morgan fingerprint density at radius 2 is 1.93 bits per heavy atom. The van der Waals surface area contributed by atoms with Crippen molar-refractivity contribution in [1.29, 1.82) is 0 Å². The van der Waals surface area contributed by atoms with E-state index >= 15 is 0 Å². The van der Waals surface area contributed by atoms with Crippen molar-refractivity contribution in [3.8, 4) is 0 Å². The minimum Gasteiger partial charge on any atom is -0.452 e. The van der Waals surface area contributed by atoms with Gasteiger partial charge in [-0.1, -0.05) is 24.3 Å². The number of carbonyl (C=O) groups excluding carboxylic acids is 3. The Bertz CT molecular complexity index is 960. The summed E-state index contributed by atoms with van der Waals surface area (Å²) in [5.41, 5.74) is 2.67. The van der Waals surface area contributed by atoms with E-state index in [1.54, 1.807) is 6.07 Å². The summed E-state index contributed by atoms with van der Waals surface area (Å²) in [6.45, 7) is 5.28. The molecule has 2 amide bonds. The van der Waals surface area contributed by atoms with Gasteiger partial charge in [0.2, 0.25) is 5.91 Å². The van der Waals surface area contributed by atoms with Gasteiger partial charge in [-0.05, 0) is 50.1 Å². The summed E-state index contributed by atoms with van der Waals surface area (Å²) in [5.74, 6) is -2.75. The van der Waals surface area contributed by atoms with Gasteiger partial charge in [0.05, 0.1) is 11.6 Å². The number of amides is 2. The summed E-state index contributed by atoms with van der Waals surface area (Å²) in [7, 11) is 0. The normalized spacial score (nSPS) is 17.2. The van der Waals surface area contributed by atoms with E-state index in [1.165, 1.54) is 30.0 Å². The zero-order chi connectivity index (χ0) is 21.1. The number of rotatable bonds is 5. The Kier molecular flexibility index (Phi) is 5.96. The molecule has 2 aromatic carbocycles. The van der Waals surface area contributed by atoms with Crippen molar-refractivity contribution in [2.45, 2.75) is 33.3 Å². The van der Waals surface area contributed by atoms with Crippen LogP contribution in [0.1, 0.15) is 24.5 Å². The van der Waals surface area contributed by atoms with Crippen LogP contribution >= 0.6 is 0 Å². The maximum absolute atomic E-state index is 14.0. The lowest BCUT2D eigenvalue weighted by atomic mass is 10.1. The number of nitrogens with zero attached hydrogens (tertiary/aromatic N) is 1. The molecule has 0 spiro atoms. The Balaban J connectivity index is 1.61. The fourth-order valence-electron chi connectivity index (χ4n) is 3.20. The molecule has 0 aliphatic carbocycles. The molecule has 0 radical (unpaired) electrons. The van der Waals surface area contributed by atoms with Gasteiger partial charge >= 0.3 is 5.97 Å². The molecule has 0 unspecified atom stereocenters. The monoisotopic (exact) mass is 398 g/mol. The highest BCUT2D eigenvalue weighted by Gasteiger charge is 2.38. The molecular formula is C22H23FN2O4. The summed E-state index contributed by atoms with van der Waals surface area (Å²) >= 11 is 0. The standard InChI is InChI=1S/C22H23FN2O4/c1-13-8-9-14(2)18(10-13)24-21(27)15(3)29-22(28)16-11-20(26)25(12-16)19-7-5-4-6-17(19)23/h4-10,15-16H,11-12H2,1-3H3,(H,24,27)/t15-,16+/m1/s1. The van der Waals surface area contributed by atoms with E-state index in [9.17, 15) is 18.8 Å². The van der Waals surface area contributed by atoms with E-state index in [0.29, 0.717) is 5.69 Å². The summed E-state index contributed by atoms with van der Waals surface area (Å²) in [4.78, 5) is 38.4. The van der Waals surface area contributed by atoms with Crippen LogP contribution in [0.3, 0.4) is 0 Å². The maximum atomic E-state index is 14.0.